The van der Waals surface area contributed by atoms with E-state index in [9.17, 15) is 22.4 Å². The number of hydrogen-bond acceptors (Lipinski definition) is 2. The van der Waals surface area contributed by atoms with Crippen LogP contribution in [0.1, 0.15) is 16.1 Å². The first-order valence-corrected chi connectivity index (χ1v) is 4.26. The lowest BCUT2D eigenvalue weighted by molar-refractivity contribution is -0.141. The maximum absolute atomic E-state index is 13.0. The monoisotopic (exact) mass is 286 g/mol. The van der Waals surface area contributed by atoms with Gasteiger partial charge in [-0.25, -0.2) is 9.37 Å². The van der Waals surface area contributed by atoms with E-state index in [0.717, 1.165) is 0 Å². The van der Waals surface area contributed by atoms with E-state index in [2.05, 4.69) is 20.9 Å². The van der Waals surface area contributed by atoms with Gasteiger partial charge in [0.25, 0.3) is 5.91 Å². The average molecular weight is 287 g/mol. The Labute approximate surface area is 89.4 Å². The number of halogens is 5. The van der Waals surface area contributed by atoms with Gasteiger partial charge in [0.05, 0.1) is 5.56 Å². The highest BCUT2D eigenvalue weighted by molar-refractivity contribution is 9.10. The summed E-state index contributed by atoms with van der Waals surface area (Å²) in [6.45, 7) is 0. The standard InChI is InChI=1S/C7H3BrF4N2O/c8-5-4(9)2(6(13)15)1-3(14-5)7(10,11)12/h1H,(H2,13,15). The second-order valence-corrected chi connectivity index (χ2v) is 3.27. The van der Waals surface area contributed by atoms with Crippen molar-refractivity contribution in [3.63, 3.8) is 0 Å². The van der Waals surface area contributed by atoms with Gasteiger partial charge in [0.15, 0.2) is 5.82 Å². The summed E-state index contributed by atoms with van der Waals surface area (Å²) in [6.07, 6.45) is -4.76. The number of primary amides is 1. The minimum atomic E-state index is -4.76. The van der Waals surface area contributed by atoms with Crippen LogP contribution in [0.3, 0.4) is 0 Å². The van der Waals surface area contributed by atoms with Gasteiger partial charge >= 0.3 is 6.18 Å². The Hall–Kier alpha value is -1.18. The van der Waals surface area contributed by atoms with Crippen molar-refractivity contribution in [2.45, 2.75) is 6.18 Å². The van der Waals surface area contributed by atoms with Gasteiger partial charge in [-0.05, 0) is 22.0 Å². The van der Waals surface area contributed by atoms with Gasteiger partial charge < -0.3 is 5.73 Å². The Balaban J connectivity index is 3.43. The first kappa shape index (κ1) is 11.9. The highest BCUT2D eigenvalue weighted by atomic mass is 79.9. The lowest BCUT2D eigenvalue weighted by Crippen LogP contribution is -2.17. The first-order chi connectivity index (χ1) is 6.73. The van der Waals surface area contributed by atoms with Gasteiger partial charge in [0.1, 0.15) is 10.3 Å². The van der Waals surface area contributed by atoms with E-state index in [-0.39, 0.29) is 6.07 Å². The molecule has 0 bridgehead atoms. The van der Waals surface area contributed by atoms with E-state index < -0.39 is 33.8 Å². The van der Waals surface area contributed by atoms with Crippen molar-refractivity contribution >= 4 is 21.8 Å². The Morgan fingerprint density at radius 3 is 2.40 bits per heavy atom. The summed E-state index contributed by atoms with van der Waals surface area (Å²) in [4.78, 5) is 13.5. The molecule has 0 unspecified atom stereocenters. The van der Waals surface area contributed by atoms with Gasteiger partial charge in [0.2, 0.25) is 0 Å². The fourth-order valence-electron chi connectivity index (χ4n) is 0.823. The van der Waals surface area contributed by atoms with Crippen LogP contribution >= 0.6 is 15.9 Å². The lowest BCUT2D eigenvalue weighted by Gasteiger charge is -2.08. The molecule has 15 heavy (non-hydrogen) atoms. The van der Waals surface area contributed by atoms with E-state index in [1.54, 1.807) is 0 Å². The van der Waals surface area contributed by atoms with Crippen LogP contribution in [-0.4, -0.2) is 10.9 Å². The van der Waals surface area contributed by atoms with E-state index in [1.165, 1.54) is 0 Å². The van der Waals surface area contributed by atoms with E-state index in [1.807, 2.05) is 0 Å². The third-order valence-electron chi connectivity index (χ3n) is 1.47. The molecule has 1 amide bonds. The molecule has 0 atom stereocenters. The molecule has 1 heterocycles. The molecule has 0 spiro atoms. The number of nitrogens with two attached hydrogens (primary N) is 1. The molecular weight excluding hydrogens is 284 g/mol. The molecule has 0 saturated heterocycles. The van der Waals surface area contributed by atoms with Crippen molar-refractivity contribution in [1.29, 1.82) is 0 Å². The summed E-state index contributed by atoms with van der Waals surface area (Å²) in [7, 11) is 0. The molecule has 0 aliphatic carbocycles. The number of carbonyl (C=O) groups excluding carboxylic acids is 1. The summed E-state index contributed by atoms with van der Waals surface area (Å²) >= 11 is 2.46. The SMILES string of the molecule is NC(=O)c1cc(C(F)(F)F)nc(Br)c1F. The van der Waals surface area contributed by atoms with Crippen LogP contribution in [0.4, 0.5) is 17.6 Å². The molecule has 82 valence electrons. The highest BCUT2D eigenvalue weighted by Crippen LogP contribution is 2.30. The van der Waals surface area contributed by atoms with Crippen molar-refractivity contribution in [2.75, 3.05) is 0 Å². The predicted octanol–water partition coefficient (Wildman–Crippen LogP) is 2.10. The summed E-state index contributed by atoms with van der Waals surface area (Å²) in [5, 5.41) is 0. The number of rotatable bonds is 1. The maximum Gasteiger partial charge on any atom is 0.433 e. The van der Waals surface area contributed by atoms with Crippen LogP contribution in [0.25, 0.3) is 0 Å². The van der Waals surface area contributed by atoms with Gasteiger partial charge in [0, 0.05) is 0 Å². The van der Waals surface area contributed by atoms with Crippen molar-refractivity contribution < 1.29 is 22.4 Å². The van der Waals surface area contributed by atoms with Crippen LogP contribution in [-0.2, 0) is 6.18 Å². The van der Waals surface area contributed by atoms with Gasteiger partial charge in [-0.1, -0.05) is 0 Å². The zero-order valence-electron chi connectivity index (χ0n) is 6.90. The molecule has 0 aliphatic rings. The molecule has 0 aromatic carbocycles. The Kier molecular flexibility index (Phi) is 2.98. The number of pyridine rings is 1. The third kappa shape index (κ3) is 2.44. The molecule has 0 fully saturated rings. The quantitative estimate of drug-likeness (QED) is 0.635. The van der Waals surface area contributed by atoms with Gasteiger partial charge in [-0.2, -0.15) is 13.2 Å². The van der Waals surface area contributed by atoms with Crippen LogP contribution < -0.4 is 5.73 Å². The summed E-state index contributed by atoms with van der Waals surface area (Å²) in [5.41, 5.74) is 2.46. The lowest BCUT2D eigenvalue weighted by atomic mass is 10.2. The molecule has 3 nitrogen and oxygen atoms in total. The van der Waals surface area contributed by atoms with Gasteiger partial charge in [-0.15, -0.1) is 0 Å². The third-order valence-corrected chi connectivity index (χ3v) is 2.00. The Morgan fingerprint density at radius 2 is 2.00 bits per heavy atom. The van der Waals surface area contributed by atoms with Crippen LogP contribution in [0, 0.1) is 5.82 Å². The first-order valence-electron chi connectivity index (χ1n) is 3.46. The zero-order valence-corrected chi connectivity index (χ0v) is 8.49. The molecule has 8 heteroatoms. The molecule has 1 aromatic heterocycles. The fraction of sp³-hybridized carbons (Fsp3) is 0.143. The van der Waals surface area contributed by atoms with E-state index >= 15 is 0 Å². The van der Waals surface area contributed by atoms with Crippen molar-refractivity contribution in [3.8, 4) is 0 Å². The largest absolute Gasteiger partial charge is 0.433 e. The van der Waals surface area contributed by atoms with Crippen molar-refractivity contribution in [3.05, 3.63) is 27.7 Å². The van der Waals surface area contributed by atoms with Gasteiger partial charge in [-0.3, -0.25) is 4.79 Å². The normalized spacial score (nSPS) is 11.5. The highest BCUT2D eigenvalue weighted by Gasteiger charge is 2.34. The van der Waals surface area contributed by atoms with E-state index in [0.29, 0.717) is 0 Å². The number of hydrogen-bond donors (Lipinski definition) is 1. The molecular formula is C7H3BrF4N2O. The Morgan fingerprint density at radius 1 is 1.47 bits per heavy atom. The van der Waals surface area contributed by atoms with Crippen LogP contribution in [0.15, 0.2) is 10.7 Å². The number of aromatic nitrogens is 1. The second-order valence-electron chi connectivity index (χ2n) is 2.52. The minimum Gasteiger partial charge on any atom is -0.366 e. The number of alkyl halides is 3. The summed E-state index contributed by atoms with van der Waals surface area (Å²) in [6, 6.07) is 0.266. The predicted molar refractivity (Wildman–Crippen MR) is 45.4 cm³/mol. The second kappa shape index (κ2) is 3.76. The number of nitrogens with zero attached hydrogens (tertiary/aromatic N) is 1. The summed E-state index contributed by atoms with van der Waals surface area (Å²) < 4.78 is 48.9. The van der Waals surface area contributed by atoms with Crippen molar-refractivity contribution in [1.82, 2.24) is 4.98 Å². The molecule has 0 radical (unpaired) electrons. The molecule has 1 rings (SSSR count). The summed E-state index contributed by atoms with van der Waals surface area (Å²) in [5.74, 6) is -2.50. The molecule has 0 saturated carbocycles. The zero-order chi connectivity index (χ0) is 11.8. The fourth-order valence-corrected chi connectivity index (χ4v) is 1.23. The molecule has 2 N–H and O–H groups in total. The molecule has 0 aliphatic heterocycles. The number of amides is 1. The Bertz CT molecular complexity index is 418. The molecule has 1 aromatic rings. The smallest absolute Gasteiger partial charge is 0.366 e. The topological polar surface area (TPSA) is 56.0 Å². The van der Waals surface area contributed by atoms with Crippen LogP contribution in [0.5, 0.6) is 0 Å². The maximum atomic E-state index is 13.0. The average Bonchev–Trinajstić information content (AvgIpc) is 2.06. The number of carbonyl (C=O) groups is 1. The van der Waals surface area contributed by atoms with Crippen LogP contribution in [0.2, 0.25) is 0 Å². The van der Waals surface area contributed by atoms with Crippen molar-refractivity contribution in [2.24, 2.45) is 5.73 Å². The van der Waals surface area contributed by atoms with E-state index in [4.69, 9.17) is 5.73 Å². The minimum absolute atomic E-state index is 0.266.